The minimum absolute atomic E-state index is 0.136. The SMILES string of the molecule is N=C(C=CN)C(=O)N(CCN1CCCCCC1)Cc1cc(N)ccc1Cl. The zero-order valence-electron chi connectivity index (χ0n) is 15.1. The Bertz CT molecular complexity index is 653. The number of amides is 1. The Labute approximate surface area is 160 Å². The Morgan fingerprint density at radius 3 is 2.62 bits per heavy atom. The lowest BCUT2D eigenvalue weighted by atomic mass is 10.1. The van der Waals surface area contributed by atoms with E-state index in [2.05, 4.69) is 4.90 Å². The van der Waals surface area contributed by atoms with Crippen molar-refractivity contribution in [2.45, 2.75) is 32.2 Å². The highest BCUT2D eigenvalue weighted by atomic mass is 35.5. The first-order valence-electron chi connectivity index (χ1n) is 9.03. The molecule has 0 spiro atoms. The van der Waals surface area contributed by atoms with E-state index in [9.17, 15) is 4.79 Å². The van der Waals surface area contributed by atoms with Crippen molar-refractivity contribution in [3.05, 3.63) is 41.1 Å². The molecular weight excluding hydrogens is 350 g/mol. The molecule has 6 nitrogen and oxygen atoms in total. The molecule has 0 atom stereocenters. The minimum Gasteiger partial charge on any atom is -0.405 e. The van der Waals surface area contributed by atoms with Crippen molar-refractivity contribution >= 4 is 28.9 Å². The number of anilines is 1. The third-order valence-corrected chi connectivity index (χ3v) is 4.97. The number of hydrogen-bond donors (Lipinski definition) is 3. The largest absolute Gasteiger partial charge is 0.405 e. The minimum atomic E-state index is -0.361. The summed E-state index contributed by atoms with van der Waals surface area (Å²) in [6, 6.07) is 5.24. The molecular formula is C19H28ClN5O. The zero-order chi connectivity index (χ0) is 18.9. The number of hydrogen-bond acceptors (Lipinski definition) is 5. The van der Waals surface area contributed by atoms with Gasteiger partial charge in [0.15, 0.2) is 0 Å². The van der Waals surface area contributed by atoms with Crippen LogP contribution in [0, 0.1) is 5.41 Å². The van der Waals surface area contributed by atoms with Crippen LogP contribution in [0.3, 0.4) is 0 Å². The highest BCUT2D eigenvalue weighted by Gasteiger charge is 2.20. The third-order valence-electron chi connectivity index (χ3n) is 4.60. The van der Waals surface area contributed by atoms with E-state index in [0.29, 0.717) is 23.8 Å². The molecule has 0 bridgehead atoms. The van der Waals surface area contributed by atoms with Crippen LogP contribution in [-0.4, -0.2) is 47.6 Å². The van der Waals surface area contributed by atoms with Crippen LogP contribution >= 0.6 is 11.6 Å². The molecule has 26 heavy (non-hydrogen) atoms. The number of carbonyl (C=O) groups is 1. The molecule has 2 rings (SSSR count). The van der Waals surface area contributed by atoms with Gasteiger partial charge in [-0.05, 0) is 62.0 Å². The number of carbonyl (C=O) groups excluding carboxylic acids is 1. The van der Waals surface area contributed by atoms with Crippen molar-refractivity contribution in [2.24, 2.45) is 5.73 Å². The lowest BCUT2D eigenvalue weighted by Crippen LogP contribution is -2.41. The number of halogens is 1. The molecule has 1 fully saturated rings. The fraction of sp³-hybridized carbons (Fsp3) is 0.474. The van der Waals surface area contributed by atoms with Crippen molar-refractivity contribution in [1.29, 1.82) is 5.41 Å². The van der Waals surface area contributed by atoms with Crippen LogP contribution in [0.25, 0.3) is 0 Å². The van der Waals surface area contributed by atoms with Crippen LogP contribution in [0.15, 0.2) is 30.5 Å². The number of likely N-dealkylation sites (tertiary alicyclic amines) is 1. The summed E-state index contributed by atoms with van der Waals surface area (Å²) >= 11 is 6.26. The maximum Gasteiger partial charge on any atom is 0.272 e. The Morgan fingerprint density at radius 1 is 1.27 bits per heavy atom. The number of nitrogens with two attached hydrogens (primary N) is 2. The van der Waals surface area contributed by atoms with Gasteiger partial charge in [-0.3, -0.25) is 10.2 Å². The standard InChI is InChI=1S/C19H28ClN5O/c20-17-6-5-16(22)13-15(17)14-25(19(26)18(23)7-8-21)12-11-24-9-3-1-2-4-10-24/h5-8,13,23H,1-4,9-12,14,21-22H2. The Morgan fingerprint density at radius 2 is 1.96 bits per heavy atom. The highest BCUT2D eigenvalue weighted by Crippen LogP contribution is 2.21. The summed E-state index contributed by atoms with van der Waals surface area (Å²) in [6.07, 6.45) is 7.44. The quantitative estimate of drug-likeness (QED) is 0.502. The zero-order valence-corrected chi connectivity index (χ0v) is 15.8. The Hall–Kier alpha value is -2.05. The topological polar surface area (TPSA) is 99.4 Å². The van der Waals surface area contributed by atoms with Gasteiger partial charge in [-0.2, -0.15) is 0 Å². The predicted molar refractivity (Wildman–Crippen MR) is 107 cm³/mol. The second kappa shape index (κ2) is 10.2. The van der Waals surface area contributed by atoms with Gasteiger partial charge < -0.3 is 21.3 Å². The number of rotatable bonds is 7. The lowest BCUT2D eigenvalue weighted by molar-refractivity contribution is -0.124. The summed E-state index contributed by atoms with van der Waals surface area (Å²) < 4.78 is 0. The molecule has 1 amide bonds. The van der Waals surface area contributed by atoms with Crippen molar-refractivity contribution < 1.29 is 4.79 Å². The van der Waals surface area contributed by atoms with E-state index in [0.717, 1.165) is 25.2 Å². The van der Waals surface area contributed by atoms with E-state index in [1.807, 2.05) is 0 Å². The first kappa shape index (κ1) is 20.3. The molecule has 0 radical (unpaired) electrons. The van der Waals surface area contributed by atoms with Crippen LogP contribution in [0.2, 0.25) is 5.02 Å². The maximum atomic E-state index is 12.7. The van der Waals surface area contributed by atoms with Crippen LogP contribution in [0.5, 0.6) is 0 Å². The maximum absolute atomic E-state index is 12.7. The van der Waals surface area contributed by atoms with Gasteiger partial charge in [-0.15, -0.1) is 0 Å². The normalized spacial score (nSPS) is 15.7. The monoisotopic (exact) mass is 377 g/mol. The summed E-state index contributed by atoms with van der Waals surface area (Å²) in [5.74, 6) is -0.361. The molecule has 1 aromatic rings. The third kappa shape index (κ3) is 6.04. The summed E-state index contributed by atoms with van der Waals surface area (Å²) in [7, 11) is 0. The van der Waals surface area contributed by atoms with Gasteiger partial charge in [-0.1, -0.05) is 24.4 Å². The van der Waals surface area contributed by atoms with Gasteiger partial charge >= 0.3 is 0 Å². The first-order chi connectivity index (χ1) is 12.5. The number of nitrogen functional groups attached to an aromatic ring is 1. The molecule has 1 aliphatic rings. The van der Waals surface area contributed by atoms with E-state index in [-0.39, 0.29) is 11.6 Å². The van der Waals surface area contributed by atoms with Gasteiger partial charge in [0.1, 0.15) is 5.71 Å². The summed E-state index contributed by atoms with van der Waals surface area (Å²) in [6.45, 7) is 3.75. The first-order valence-corrected chi connectivity index (χ1v) is 9.41. The number of nitrogens with one attached hydrogen (secondary N) is 1. The molecule has 1 aromatic carbocycles. The smallest absolute Gasteiger partial charge is 0.272 e. The fourth-order valence-corrected chi connectivity index (χ4v) is 3.31. The van der Waals surface area contributed by atoms with E-state index in [4.69, 9.17) is 28.5 Å². The van der Waals surface area contributed by atoms with E-state index in [1.54, 1.807) is 23.1 Å². The van der Waals surface area contributed by atoms with Crippen molar-refractivity contribution in [3.8, 4) is 0 Å². The molecule has 5 N–H and O–H groups in total. The number of benzene rings is 1. The fourth-order valence-electron chi connectivity index (χ4n) is 3.13. The van der Waals surface area contributed by atoms with Crippen molar-refractivity contribution in [1.82, 2.24) is 9.80 Å². The lowest BCUT2D eigenvalue weighted by Gasteiger charge is -2.27. The van der Waals surface area contributed by atoms with Gasteiger partial charge in [-0.25, -0.2) is 0 Å². The molecule has 1 heterocycles. The number of nitrogens with zero attached hydrogens (tertiary/aromatic N) is 2. The van der Waals surface area contributed by atoms with Gasteiger partial charge in [0.2, 0.25) is 0 Å². The molecule has 0 saturated carbocycles. The van der Waals surface area contributed by atoms with Crippen LogP contribution in [0.1, 0.15) is 31.2 Å². The van der Waals surface area contributed by atoms with E-state index >= 15 is 0 Å². The summed E-state index contributed by atoms with van der Waals surface area (Å²) in [5, 5.41) is 8.48. The van der Waals surface area contributed by atoms with Crippen LogP contribution < -0.4 is 11.5 Å². The molecule has 1 saturated heterocycles. The molecule has 1 aliphatic heterocycles. The van der Waals surface area contributed by atoms with E-state index < -0.39 is 0 Å². The Kier molecular flexibility index (Phi) is 7.94. The molecule has 0 unspecified atom stereocenters. The average Bonchev–Trinajstić information content (AvgIpc) is 2.90. The van der Waals surface area contributed by atoms with Crippen LogP contribution in [-0.2, 0) is 11.3 Å². The second-order valence-electron chi connectivity index (χ2n) is 6.61. The van der Waals surface area contributed by atoms with Gasteiger partial charge in [0, 0.05) is 30.3 Å². The van der Waals surface area contributed by atoms with Gasteiger partial charge in [0.25, 0.3) is 5.91 Å². The molecule has 0 aliphatic carbocycles. The summed E-state index contributed by atoms with van der Waals surface area (Å²) in [4.78, 5) is 16.7. The van der Waals surface area contributed by atoms with Crippen molar-refractivity contribution in [3.63, 3.8) is 0 Å². The van der Waals surface area contributed by atoms with Gasteiger partial charge in [0.05, 0.1) is 0 Å². The summed E-state index contributed by atoms with van der Waals surface area (Å²) in [5.41, 5.74) is 12.4. The van der Waals surface area contributed by atoms with Crippen LogP contribution in [0.4, 0.5) is 5.69 Å². The predicted octanol–water partition coefficient (Wildman–Crippen LogP) is 2.62. The second-order valence-corrected chi connectivity index (χ2v) is 7.01. The van der Waals surface area contributed by atoms with E-state index in [1.165, 1.54) is 38.0 Å². The molecule has 0 aromatic heterocycles. The molecule has 7 heteroatoms. The Balaban J connectivity index is 2.11. The average molecular weight is 378 g/mol. The highest BCUT2D eigenvalue weighted by molar-refractivity contribution is 6.41. The van der Waals surface area contributed by atoms with Crippen molar-refractivity contribution in [2.75, 3.05) is 31.9 Å². The molecule has 142 valence electrons.